The van der Waals surface area contributed by atoms with Crippen LogP contribution in [-0.4, -0.2) is 73.4 Å². The fourth-order valence-corrected chi connectivity index (χ4v) is 6.98. The summed E-state index contributed by atoms with van der Waals surface area (Å²) in [6, 6.07) is -0.901. The summed E-state index contributed by atoms with van der Waals surface area (Å²) in [5.41, 5.74) is 0. The first-order valence-corrected chi connectivity index (χ1v) is 24.7. The molecule has 332 valence electrons. The lowest BCUT2D eigenvalue weighted by molar-refractivity contribution is -0.870. The lowest BCUT2D eigenvalue weighted by Gasteiger charge is -2.25. The molecule has 0 aromatic carbocycles. The molecule has 0 aliphatic heterocycles. The quantitative estimate of drug-likeness (QED) is 0.0245. The highest BCUT2D eigenvalue weighted by Crippen LogP contribution is 2.43. The second-order valence-electron chi connectivity index (χ2n) is 16.8. The number of likely N-dealkylation sites (N-methyl/N-ethyl adjacent to an activating group) is 1. The summed E-state index contributed by atoms with van der Waals surface area (Å²) in [5, 5.41) is 13.7. The van der Waals surface area contributed by atoms with E-state index in [2.05, 4.69) is 61.7 Å². The Morgan fingerprint density at radius 2 is 1.02 bits per heavy atom. The van der Waals surface area contributed by atoms with Crippen molar-refractivity contribution in [3.63, 3.8) is 0 Å². The first-order valence-electron chi connectivity index (χ1n) is 23.2. The molecule has 0 aliphatic carbocycles. The Morgan fingerprint density at radius 1 is 0.596 bits per heavy atom. The molecule has 1 amide bonds. The fraction of sp³-hybridized carbons (Fsp3) is 0.771. The lowest BCUT2D eigenvalue weighted by atomic mass is 10.0. The van der Waals surface area contributed by atoms with Gasteiger partial charge in [0.1, 0.15) is 13.2 Å². The predicted molar refractivity (Wildman–Crippen MR) is 244 cm³/mol. The van der Waals surface area contributed by atoms with Crippen LogP contribution in [0.4, 0.5) is 0 Å². The average molecular weight is 822 g/mol. The van der Waals surface area contributed by atoms with Gasteiger partial charge in [0.15, 0.2) is 0 Å². The number of aliphatic hydroxyl groups excluding tert-OH is 1. The Balaban J connectivity index is 4.51. The van der Waals surface area contributed by atoms with Crippen molar-refractivity contribution in [3.8, 4) is 0 Å². The Kier molecular flexibility index (Phi) is 38.4. The van der Waals surface area contributed by atoms with Gasteiger partial charge in [-0.15, -0.1) is 0 Å². The fourth-order valence-electron chi connectivity index (χ4n) is 6.24. The summed E-state index contributed by atoms with van der Waals surface area (Å²) >= 11 is 0. The number of amides is 1. The van der Waals surface area contributed by atoms with Crippen LogP contribution in [0.1, 0.15) is 187 Å². The molecule has 8 nitrogen and oxygen atoms in total. The van der Waals surface area contributed by atoms with Crippen LogP contribution in [0.25, 0.3) is 0 Å². The third-order valence-corrected chi connectivity index (χ3v) is 10.9. The lowest BCUT2D eigenvalue weighted by Crippen LogP contribution is -2.45. The van der Waals surface area contributed by atoms with Crippen LogP contribution < -0.4 is 5.32 Å². The number of aliphatic hydroxyl groups is 1. The van der Waals surface area contributed by atoms with Crippen LogP contribution in [0.3, 0.4) is 0 Å². The average Bonchev–Trinajstić information content (AvgIpc) is 3.16. The number of carbonyl (C=O) groups is 1. The maximum atomic E-state index is 12.8. The molecule has 3 atom stereocenters. The molecule has 0 aromatic heterocycles. The van der Waals surface area contributed by atoms with Gasteiger partial charge in [0, 0.05) is 6.42 Å². The maximum absolute atomic E-state index is 12.8. The van der Waals surface area contributed by atoms with Crippen LogP contribution in [0.2, 0.25) is 0 Å². The van der Waals surface area contributed by atoms with Gasteiger partial charge in [0.05, 0.1) is 39.9 Å². The summed E-state index contributed by atoms with van der Waals surface area (Å²) in [7, 11) is 1.51. The van der Waals surface area contributed by atoms with E-state index in [9.17, 15) is 19.4 Å². The normalized spacial score (nSPS) is 14.9. The number of phosphoric acid groups is 1. The number of quaternary nitrogens is 1. The van der Waals surface area contributed by atoms with Gasteiger partial charge in [-0.25, -0.2) is 4.57 Å². The van der Waals surface area contributed by atoms with E-state index in [4.69, 9.17) is 9.05 Å². The van der Waals surface area contributed by atoms with Gasteiger partial charge in [0.2, 0.25) is 5.91 Å². The van der Waals surface area contributed by atoms with Gasteiger partial charge in [-0.05, 0) is 64.2 Å². The third kappa shape index (κ3) is 42.1. The van der Waals surface area contributed by atoms with E-state index >= 15 is 0 Å². The monoisotopic (exact) mass is 822 g/mol. The van der Waals surface area contributed by atoms with Crippen LogP contribution in [0.15, 0.2) is 60.8 Å². The largest absolute Gasteiger partial charge is 0.472 e. The Hall–Kier alpha value is -1.80. The molecule has 0 rings (SSSR count). The van der Waals surface area contributed by atoms with E-state index in [0.717, 1.165) is 38.5 Å². The van der Waals surface area contributed by atoms with Gasteiger partial charge in [-0.3, -0.25) is 13.8 Å². The van der Waals surface area contributed by atoms with E-state index in [1.54, 1.807) is 6.08 Å². The standard InChI is InChI=1S/C48H89N2O6P/c1-6-8-10-12-14-16-18-20-21-22-23-24-25-26-27-28-30-31-33-35-37-39-41-47(51)46(45-56-57(53,54)55-44-43-50(3,4)5)49-48(52)42-40-38-36-34-32-29-19-17-15-13-11-9-7-2/h26-27,29,31-33,36,38-39,41,46-47,51H,6-25,28,30,34-35,37,40,42-45H2,1-5H3,(H-,49,52,53,54)/p+1/b27-26+,32-29-,33-31+,38-36-,41-39+. The molecule has 0 aromatic rings. The van der Waals surface area contributed by atoms with Crippen molar-refractivity contribution in [2.45, 2.75) is 199 Å². The molecule has 0 saturated heterocycles. The molecule has 0 heterocycles. The van der Waals surface area contributed by atoms with Crippen LogP contribution in [0.5, 0.6) is 0 Å². The second-order valence-corrected chi connectivity index (χ2v) is 18.2. The summed E-state index contributed by atoms with van der Waals surface area (Å²) in [5.74, 6) is -0.260. The summed E-state index contributed by atoms with van der Waals surface area (Å²) < 4.78 is 23.5. The number of carbonyl (C=O) groups excluding carboxylic acids is 1. The van der Waals surface area contributed by atoms with E-state index in [0.29, 0.717) is 17.4 Å². The van der Waals surface area contributed by atoms with Crippen LogP contribution in [0, 0.1) is 0 Å². The third-order valence-electron chi connectivity index (χ3n) is 9.95. The molecular weight excluding hydrogens is 732 g/mol. The van der Waals surface area contributed by atoms with E-state index in [1.807, 2.05) is 33.3 Å². The van der Waals surface area contributed by atoms with Crippen molar-refractivity contribution < 1.29 is 32.9 Å². The van der Waals surface area contributed by atoms with Crippen molar-refractivity contribution in [3.05, 3.63) is 60.8 Å². The Bertz CT molecular complexity index is 1110. The molecule has 57 heavy (non-hydrogen) atoms. The zero-order chi connectivity index (χ0) is 42.1. The van der Waals surface area contributed by atoms with Gasteiger partial charge in [-0.2, -0.15) is 0 Å². The predicted octanol–water partition coefficient (Wildman–Crippen LogP) is 13.0. The number of allylic oxidation sites excluding steroid dienone is 9. The van der Waals surface area contributed by atoms with Gasteiger partial charge in [0.25, 0.3) is 0 Å². The Labute approximate surface area is 351 Å². The first-order chi connectivity index (χ1) is 27.5. The van der Waals surface area contributed by atoms with Crippen LogP contribution in [-0.2, 0) is 18.4 Å². The van der Waals surface area contributed by atoms with Crippen molar-refractivity contribution in [1.29, 1.82) is 0 Å². The first kappa shape index (κ1) is 55.2. The highest BCUT2D eigenvalue weighted by Gasteiger charge is 2.27. The van der Waals surface area contributed by atoms with E-state index in [-0.39, 0.29) is 25.5 Å². The number of phosphoric ester groups is 1. The topological polar surface area (TPSA) is 105 Å². The molecule has 3 unspecified atom stereocenters. The van der Waals surface area contributed by atoms with Gasteiger partial charge in [-0.1, -0.05) is 177 Å². The minimum absolute atomic E-state index is 0.0423. The minimum atomic E-state index is -4.36. The van der Waals surface area contributed by atoms with E-state index < -0.39 is 20.0 Å². The van der Waals surface area contributed by atoms with Crippen molar-refractivity contribution >= 4 is 13.7 Å². The maximum Gasteiger partial charge on any atom is 0.472 e. The molecule has 0 bridgehead atoms. The minimum Gasteiger partial charge on any atom is -0.387 e. The van der Waals surface area contributed by atoms with Crippen molar-refractivity contribution in [1.82, 2.24) is 5.32 Å². The summed E-state index contributed by atoms with van der Waals surface area (Å²) in [6.45, 7) is 4.72. The second kappa shape index (κ2) is 39.6. The molecule has 9 heteroatoms. The molecule has 0 saturated carbocycles. The Morgan fingerprint density at radius 3 is 1.51 bits per heavy atom. The number of rotatable bonds is 41. The molecule has 0 spiro atoms. The highest BCUT2D eigenvalue weighted by atomic mass is 31.2. The number of unbranched alkanes of at least 4 members (excludes halogenated alkanes) is 20. The zero-order valence-corrected chi connectivity index (χ0v) is 38.5. The number of hydrogen-bond donors (Lipinski definition) is 3. The SMILES string of the molecule is CCCCCCCC/C=C\C/C=C\CCC(=O)NC(COP(=O)(O)OCC[N+](C)(C)C)C(O)/C=C/CC/C=C/CC/C=C/CCCCCCCCCCCCCC. The van der Waals surface area contributed by atoms with Crippen molar-refractivity contribution in [2.24, 2.45) is 0 Å². The number of hydrogen-bond acceptors (Lipinski definition) is 5. The molecule has 0 fully saturated rings. The molecule has 3 N–H and O–H groups in total. The number of nitrogens with one attached hydrogen (secondary N) is 1. The van der Waals surface area contributed by atoms with Gasteiger partial charge >= 0.3 is 7.82 Å². The highest BCUT2D eigenvalue weighted by molar-refractivity contribution is 7.47. The summed E-state index contributed by atoms with van der Waals surface area (Å²) in [4.78, 5) is 23.0. The molecular formula is C48H90N2O6P+. The zero-order valence-electron chi connectivity index (χ0n) is 37.6. The van der Waals surface area contributed by atoms with Crippen LogP contribution >= 0.6 is 7.82 Å². The van der Waals surface area contributed by atoms with Gasteiger partial charge < -0.3 is 19.8 Å². The number of nitrogens with zero attached hydrogens (tertiary/aromatic N) is 1. The smallest absolute Gasteiger partial charge is 0.387 e. The van der Waals surface area contributed by atoms with E-state index in [1.165, 1.54) is 122 Å². The molecule has 0 radical (unpaired) electrons. The summed E-state index contributed by atoms with van der Waals surface area (Å²) in [6.07, 6.45) is 51.8. The van der Waals surface area contributed by atoms with Crippen molar-refractivity contribution in [2.75, 3.05) is 40.9 Å². The molecule has 0 aliphatic rings.